The molecule has 0 radical (unpaired) electrons. The lowest BCUT2D eigenvalue weighted by atomic mass is 10.1. The molecule has 0 bridgehead atoms. The molecular formula is C15H15N3S2. The van der Waals surface area contributed by atoms with Crippen molar-refractivity contribution >= 4 is 33.4 Å². The minimum absolute atomic E-state index is 0.590. The summed E-state index contributed by atoms with van der Waals surface area (Å²) < 4.78 is 0. The molecule has 102 valence electrons. The predicted molar refractivity (Wildman–Crippen MR) is 84.5 cm³/mol. The van der Waals surface area contributed by atoms with Crippen molar-refractivity contribution in [3.63, 3.8) is 0 Å². The maximum absolute atomic E-state index is 9.25. The molecule has 4 rings (SSSR count). The molecule has 2 aromatic heterocycles. The molecule has 3 nitrogen and oxygen atoms in total. The first-order valence-corrected chi connectivity index (χ1v) is 8.60. The van der Waals surface area contributed by atoms with Gasteiger partial charge in [-0.25, -0.2) is 0 Å². The van der Waals surface area contributed by atoms with Gasteiger partial charge in [0.2, 0.25) is 0 Å². The number of nitrogen functional groups attached to an aromatic ring is 1. The lowest BCUT2D eigenvalue weighted by molar-refractivity contribution is 0.746. The van der Waals surface area contributed by atoms with Crippen molar-refractivity contribution in [3.05, 3.63) is 32.3 Å². The molecule has 1 aliphatic heterocycles. The molecule has 20 heavy (non-hydrogen) atoms. The van der Waals surface area contributed by atoms with E-state index in [0.717, 1.165) is 25.2 Å². The van der Waals surface area contributed by atoms with Gasteiger partial charge in [0.05, 0.1) is 10.7 Å². The third-order valence-electron chi connectivity index (χ3n) is 4.15. The average Bonchev–Trinajstić information content (AvgIpc) is 3.09. The third kappa shape index (κ3) is 1.83. The summed E-state index contributed by atoms with van der Waals surface area (Å²) in [5.41, 5.74) is 9.64. The smallest absolute Gasteiger partial charge is 0.130 e. The number of anilines is 2. The van der Waals surface area contributed by atoms with Crippen LogP contribution in [0.3, 0.4) is 0 Å². The van der Waals surface area contributed by atoms with E-state index in [4.69, 9.17) is 5.73 Å². The monoisotopic (exact) mass is 301 g/mol. The lowest BCUT2D eigenvalue weighted by Crippen LogP contribution is -2.29. The van der Waals surface area contributed by atoms with Crippen LogP contribution in [0.15, 0.2) is 11.4 Å². The number of rotatable bonds is 2. The van der Waals surface area contributed by atoms with Gasteiger partial charge >= 0.3 is 0 Å². The molecule has 1 saturated carbocycles. The summed E-state index contributed by atoms with van der Waals surface area (Å²) in [7, 11) is 0. The Morgan fingerprint density at radius 3 is 3.00 bits per heavy atom. The highest BCUT2D eigenvalue weighted by molar-refractivity contribution is 7.17. The molecule has 2 aliphatic rings. The summed E-state index contributed by atoms with van der Waals surface area (Å²) >= 11 is 3.44. The molecule has 0 atom stereocenters. The van der Waals surface area contributed by atoms with Gasteiger partial charge in [-0.1, -0.05) is 0 Å². The highest BCUT2D eigenvalue weighted by Gasteiger charge is 2.34. The van der Waals surface area contributed by atoms with Crippen molar-refractivity contribution in [2.75, 3.05) is 17.2 Å². The first-order valence-electron chi connectivity index (χ1n) is 6.90. The predicted octanol–water partition coefficient (Wildman–Crippen LogP) is 3.70. The molecule has 0 aromatic carbocycles. The number of hydrogen-bond acceptors (Lipinski definition) is 5. The summed E-state index contributed by atoms with van der Waals surface area (Å²) in [4.78, 5) is 4.63. The Kier molecular flexibility index (Phi) is 2.76. The third-order valence-corrected chi connectivity index (χ3v) is 6.36. The highest BCUT2D eigenvalue weighted by Crippen LogP contribution is 2.52. The normalized spacial score (nSPS) is 17.9. The number of fused-ring (bicyclic) bond motifs is 1. The van der Waals surface area contributed by atoms with Crippen LogP contribution in [0, 0.1) is 11.3 Å². The molecule has 3 heterocycles. The van der Waals surface area contributed by atoms with E-state index in [9.17, 15) is 5.26 Å². The topological polar surface area (TPSA) is 53.0 Å². The maximum Gasteiger partial charge on any atom is 0.130 e. The molecule has 0 saturated heterocycles. The number of nitriles is 1. The Morgan fingerprint density at radius 2 is 2.25 bits per heavy atom. The van der Waals surface area contributed by atoms with Crippen LogP contribution in [0.5, 0.6) is 0 Å². The quantitative estimate of drug-likeness (QED) is 0.920. The first-order chi connectivity index (χ1) is 9.78. The van der Waals surface area contributed by atoms with Crippen LogP contribution in [-0.2, 0) is 13.0 Å². The van der Waals surface area contributed by atoms with E-state index in [1.165, 1.54) is 33.8 Å². The highest BCUT2D eigenvalue weighted by atomic mass is 32.1. The van der Waals surface area contributed by atoms with Crippen LogP contribution in [0.4, 0.5) is 10.7 Å². The fourth-order valence-electron chi connectivity index (χ4n) is 2.95. The second kappa shape index (κ2) is 4.51. The lowest BCUT2D eigenvalue weighted by Gasteiger charge is -2.28. The van der Waals surface area contributed by atoms with Crippen LogP contribution < -0.4 is 10.6 Å². The van der Waals surface area contributed by atoms with Crippen molar-refractivity contribution in [2.24, 2.45) is 0 Å². The Hall–Kier alpha value is -1.51. The molecular weight excluding hydrogens is 286 g/mol. The van der Waals surface area contributed by atoms with E-state index >= 15 is 0 Å². The number of hydrogen-bond donors (Lipinski definition) is 1. The molecule has 0 amide bonds. The minimum atomic E-state index is 0.590. The molecule has 1 fully saturated rings. The van der Waals surface area contributed by atoms with Crippen LogP contribution >= 0.6 is 22.7 Å². The fraction of sp³-hybridized carbons (Fsp3) is 0.400. The molecule has 1 aliphatic carbocycles. The van der Waals surface area contributed by atoms with Crippen molar-refractivity contribution in [1.29, 1.82) is 5.26 Å². The summed E-state index contributed by atoms with van der Waals surface area (Å²) in [5, 5.41) is 12.7. The van der Waals surface area contributed by atoms with Gasteiger partial charge in [0, 0.05) is 23.5 Å². The number of nitrogens with zero attached hydrogens (tertiary/aromatic N) is 2. The van der Waals surface area contributed by atoms with Gasteiger partial charge in [0.15, 0.2) is 0 Å². The SMILES string of the molecule is N#Cc1sc(N2CCc3sccc3C2)c(C2CC2)c1N. The summed E-state index contributed by atoms with van der Waals surface area (Å²) in [5.74, 6) is 0.590. The molecule has 2 aromatic rings. The Bertz CT molecular complexity index is 703. The number of thiophene rings is 2. The zero-order valence-corrected chi connectivity index (χ0v) is 12.7. The van der Waals surface area contributed by atoms with Crippen molar-refractivity contribution in [2.45, 2.75) is 31.7 Å². The average molecular weight is 301 g/mol. The Balaban J connectivity index is 1.74. The standard InChI is InChI=1S/C15H15N3S2/c16-7-12-14(17)13(9-1-2-9)15(20-12)18-5-3-11-10(8-18)4-6-19-11/h4,6,9H,1-3,5,8,17H2. The van der Waals surface area contributed by atoms with Crippen LogP contribution in [0.1, 0.15) is 39.6 Å². The van der Waals surface area contributed by atoms with E-state index in [0.29, 0.717) is 10.8 Å². The van der Waals surface area contributed by atoms with Crippen molar-refractivity contribution in [3.8, 4) is 6.07 Å². The molecule has 0 spiro atoms. The number of nitrogens with two attached hydrogens (primary N) is 1. The summed E-state index contributed by atoms with van der Waals surface area (Å²) in [6.07, 6.45) is 3.55. The van der Waals surface area contributed by atoms with Gasteiger partial charge in [-0.15, -0.1) is 22.7 Å². The van der Waals surface area contributed by atoms with Gasteiger partial charge in [0.1, 0.15) is 10.9 Å². The molecule has 0 unspecified atom stereocenters. The van der Waals surface area contributed by atoms with Crippen LogP contribution in [0.25, 0.3) is 0 Å². The van der Waals surface area contributed by atoms with E-state index in [2.05, 4.69) is 22.4 Å². The largest absolute Gasteiger partial charge is 0.397 e. The van der Waals surface area contributed by atoms with Crippen molar-refractivity contribution < 1.29 is 0 Å². The van der Waals surface area contributed by atoms with Gasteiger partial charge < -0.3 is 10.6 Å². The van der Waals surface area contributed by atoms with Crippen molar-refractivity contribution in [1.82, 2.24) is 0 Å². The minimum Gasteiger partial charge on any atom is -0.397 e. The van der Waals surface area contributed by atoms with Gasteiger partial charge in [-0.05, 0) is 42.2 Å². The van der Waals surface area contributed by atoms with E-state index in [-0.39, 0.29) is 0 Å². The van der Waals surface area contributed by atoms with Crippen LogP contribution in [0.2, 0.25) is 0 Å². The second-order valence-electron chi connectivity index (χ2n) is 5.49. The zero-order valence-electron chi connectivity index (χ0n) is 11.1. The fourth-order valence-corrected chi connectivity index (χ4v) is 4.97. The summed E-state index contributed by atoms with van der Waals surface area (Å²) in [6.45, 7) is 2.00. The maximum atomic E-state index is 9.25. The van der Waals surface area contributed by atoms with Crippen LogP contribution in [-0.4, -0.2) is 6.54 Å². The van der Waals surface area contributed by atoms with Gasteiger partial charge in [0.25, 0.3) is 0 Å². The van der Waals surface area contributed by atoms with Gasteiger partial charge in [-0.2, -0.15) is 5.26 Å². The zero-order chi connectivity index (χ0) is 13.7. The molecule has 5 heteroatoms. The first kappa shape index (κ1) is 12.2. The Morgan fingerprint density at radius 1 is 1.40 bits per heavy atom. The molecule has 2 N–H and O–H groups in total. The van der Waals surface area contributed by atoms with E-state index < -0.39 is 0 Å². The Labute approximate surface area is 126 Å². The van der Waals surface area contributed by atoms with Gasteiger partial charge in [-0.3, -0.25) is 0 Å². The van der Waals surface area contributed by atoms with E-state index in [1.807, 2.05) is 11.3 Å². The van der Waals surface area contributed by atoms with E-state index in [1.54, 1.807) is 11.3 Å². The summed E-state index contributed by atoms with van der Waals surface area (Å²) in [6, 6.07) is 4.49. The second-order valence-corrected chi connectivity index (χ2v) is 7.49.